The van der Waals surface area contributed by atoms with Gasteiger partial charge in [-0.05, 0) is 44.4 Å². The molecule has 0 saturated carbocycles. The first-order valence-electron chi connectivity index (χ1n) is 9.86. The van der Waals surface area contributed by atoms with E-state index in [0.717, 1.165) is 22.6 Å². The topological polar surface area (TPSA) is 86.2 Å². The highest BCUT2D eigenvalue weighted by atomic mass is 16.5. The molecule has 1 aromatic carbocycles. The number of ketones is 1. The molecule has 1 aliphatic rings. The summed E-state index contributed by atoms with van der Waals surface area (Å²) in [6.45, 7) is 12.7. The standard InChI is InChI=1S/C23H28N3O3/c1-7-29-21-13(2)16-11-26(22(24)20(16)25-14(21)3)12-19(28)15-8-9-18(27)17(10-15)23(4,5)6/h8-10,24H,7,11-12H2,1-6H3. The third-order valence-corrected chi connectivity index (χ3v) is 5.31. The molecule has 0 spiro atoms. The summed E-state index contributed by atoms with van der Waals surface area (Å²) < 4.78 is 5.72. The van der Waals surface area contributed by atoms with Crippen LogP contribution < -0.4 is 4.74 Å². The van der Waals surface area contributed by atoms with Crippen LogP contribution in [0.5, 0.6) is 11.5 Å². The predicted octanol–water partition coefficient (Wildman–Crippen LogP) is 4.56. The first-order chi connectivity index (χ1) is 13.5. The van der Waals surface area contributed by atoms with Crippen molar-refractivity contribution in [1.82, 2.24) is 9.88 Å². The van der Waals surface area contributed by atoms with Gasteiger partial charge in [0.1, 0.15) is 17.3 Å². The van der Waals surface area contributed by atoms with Crippen LogP contribution in [0.15, 0.2) is 18.2 Å². The van der Waals surface area contributed by atoms with Crippen molar-refractivity contribution in [3.8, 4) is 11.5 Å². The van der Waals surface area contributed by atoms with Crippen LogP contribution in [-0.4, -0.2) is 34.7 Å². The fraction of sp³-hybridized carbons (Fsp3) is 0.435. The average molecular weight is 394 g/mol. The molecule has 0 atom stereocenters. The fourth-order valence-electron chi connectivity index (χ4n) is 3.73. The molecule has 0 unspecified atom stereocenters. The quantitative estimate of drug-likeness (QED) is 0.753. The van der Waals surface area contributed by atoms with Crippen LogP contribution in [0.2, 0.25) is 0 Å². The molecule has 2 aromatic rings. The Hall–Kier alpha value is -2.89. The van der Waals surface area contributed by atoms with Gasteiger partial charge in [-0.3, -0.25) is 15.3 Å². The van der Waals surface area contributed by atoms with E-state index in [1.807, 2.05) is 41.5 Å². The van der Waals surface area contributed by atoms with Crippen LogP contribution in [0.25, 0.3) is 0 Å². The van der Waals surface area contributed by atoms with Crippen LogP contribution in [0.1, 0.15) is 66.1 Å². The van der Waals surface area contributed by atoms with Crippen molar-refractivity contribution in [2.45, 2.75) is 53.5 Å². The van der Waals surface area contributed by atoms with E-state index < -0.39 is 0 Å². The summed E-state index contributed by atoms with van der Waals surface area (Å²) in [6.07, 6.45) is 0. The molecule has 0 fully saturated rings. The van der Waals surface area contributed by atoms with E-state index in [9.17, 15) is 9.90 Å². The highest BCUT2D eigenvalue weighted by Gasteiger charge is 2.31. The molecule has 6 heteroatoms. The monoisotopic (exact) mass is 394 g/mol. The Kier molecular flexibility index (Phi) is 5.39. The number of nitrogens with one attached hydrogen (secondary N) is 1. The number of aromatic nitrogens is 1. The van der Waals surface area contributed by atoms with Crippen molar-refractivity contribution in [3.63, 3.8) is 0 Å². The largest absolute Gasteiger partial charge is 0.492 e. The fourth-order valence-corrected chi connectivity index (χ4v) is 3.73. The first kappa shape index (κ1) is 20.8. The van der Waals surface area contributed by atoms with Crippen molar-refractivity contribution < 1.29 is 14.6 Å². The van der Waals surface area contributed by atoms with E-state index in [2.05, 4.69) is 4.98 Å². The minimum absolute atomic E-state index is 0.0610. The SMILES string of the molecule is CCOc1c(C)nc2c(c1C)CN(CC(=O)c1ccc([O])c(C(C)(C)C)c1)C2=N. The molecule has 1 aromatic heterocycles. The smallest absolute Gasteiger partial charge is 0.182 e. The van der Waals surface area contributed by atoms with E-state index in [1.54, 1.807) is 17.0 Å². The number of pyridine rings is 1. The molecule has 1 aliphatic heterocycles. The van der Waals surface area contributed by atoms with Crippen molar-refractivity contribution >= 4 is 11.6 Å². The minimum atomic E-state index is -0.335. The lowest BCUT2D eigenvalue weighted by Crippen LogP contribution is -2.30. The third kappa shape index (κ3) is 3.84. The highest BCUT2D eigenvalue weighted by molar-refractivity contribution is 6.04. The number of ether oxygens (including phenoxy) is 1. The molecule has 0 saturated heterocycles. The van der Waals surface area contributed by atoms with Gasteiger partial charge in [0.05, 0.1) is 18.8 Å². The van der Waals surface area contributed by atoms with E-state index in [-0.39, 0.29) is 29.3 Å². The summed E-state index contributed by atoms with van der Waals surface area (Å²) in [4.78, 5) is 19.2. The van der Waals surface area contributed by atoms with Gasteiger partial charge in [0, 0.05) is 28.8 Å². The zero-order valence-electron chi connectivity index (χ0n) is 18.0. The highest BCUT2D eigenvalue weighted by Crippen LogP contribution is 2.34. The third-order valence-electron chi connectivity index (χ3n) is 5.31. The molecule has 6 nitrogen and oxygen atoms in total. The summed E-state index contributed by atoms with van der Waals surface area (Å²) in [7, 11) is 0. The Morgan fingerprint density at radius 2 is 1.97 bits per heavy atom. The van der Waals surface area contributed by atoms with Gasteiger partial charge < -0.3 is 9.64 Å². The van der Waals surface area contributed by atoms with Gasteiger partial charge >= 0.3 is 0 Å². The van der Waals surface area contributed by atoms with E-state index >= 15 is 0 Å². The second-order valence-electron chi connectivity index (χ2n) is 8.50. The zero-order valence-corrected chi connectivity index (χ0v) is 18.0. The second-order valence-corrected chi connectivity index (χ2v) is 8.50. The number of rotatable bonds is 5. The number of carbonyl (C=O) groups is 1. The van der Waals surface area contributed by atoms with Crippen LogP contribution in [-0.2, 0) is 17.1 Å². The van der Waals surface area contributed by atoms with Crippen LogP contribution in [0.3, 0.4) is 0 Å². The average Bonchev–Trinajstić information content (AvgIpc) is 2.94. The number of nitrogens with zero attached hydrogens (tertiary/aromatic N) is 2. The number of aryl methyl sites for hydroxylation is 1. The zero-order chi connectivity index (χ0) is 21.5. The van der Waals surface area contributed by atoms with Crippen molar-refractivity contribution in [3.05, 3.63) is 51.8 Å². The van der Waals surface area contributed by atoms with Crippen molar-refractivity contribution in [2.75, 3.05) is 13.2 Å². The lowest BCUT2D eigenvalue weighted by Gasteiger charge is -2.21. The number of amidine groups is 1. The Bertz CT molecular complexity index is 990. The molecule has 1 radical (unpaired) electrons. The summed E-state index contributed by atoms with van der Waals surface area (Å²) >= 11 is 0. The van der Waals surface area contributed by atoms with Gasteiger partial charge in [-0.15, -0.1) is 0 Å². The molecule has 0 amide bonds. The van der Waals surface area contributed by atoms with Crippen LogP contribution in [0, 0.1) is 19.3 Å². The van der Waals surface area contributed by atoms with Gasteiger partial charge in [0.15, 0.2) is 11.5 Å². The summed E-state index contributed by atoms with van der Waals surface area (Å²) in [5.41, 5.74) is 4.05. The molecule has 153 valence electrons. The maximum Gasteiger partial charge on any atom is 0.182 e. The molecule has 3 rings (SSSR count). The number of fused-ring (bicyclic) bond motifs is 1. The molecule has 0 bridgehead atoms. The normalized spacial score (nSPS) is 13.6. The maximum atomic E-state index is 12.9. The van der Waals surface area contributed by atoms with Gasteiger partial charge in [-0.2, -0.15) is 0 Å². The van der Waals surface area contributed by atoms with Crippen molar-refractivity contribution in [2.24, 2.45) is 0 Å². The summed E-state index contributed by atoms with van der Waals surface area (Å²) in [5.74, 6) is 0.828. The van der Waals surface area contributed by atoms with Gasteiger partial charge in [0.25, 0.3) is 0 Å². The predicted molar refractivity (Wildman–Crippen MR) is 112 cm³/mol. The molecule has 29 heavy (non-hydrogen) atoms. The molecular weight excluding hydrogens is 366 g/mol. The van der Waals surface area contributed by atoms with E-state index in [1.165, 1.54) is 6.07 Å². The van der Waals surface area contributed by atoms with Gasteiger partial charge in [-0.1, -0.05) is 20.8 Å². The van der Waals surface area contributed by atoms with Crippen LogP contribution in [0.4, 0.5) is 0 Å². The lowest BCUT2D eigenvalue weighted by molar-refractivity contribution is 0.0962. The Labute approximate surface area is 172 Å². The van der Waals surface area contributed by atoms with Gasteiger partial charge in [-0.25, -0.2) is 4.98 Å². The second kappa shape index (κ2) is 7.50. The molecular formula is C23H28N3O3. The lowest BCUT2D eigenvalue weighted by atomic mass is 9.85. The van der Waals surface area contributed by atoms with E-state index in [4.69, 9.17) is 10.1 Å². The summed E-state index contributed by atoms with van der Waals surface area (Å²) in [5, 5.41) is 20.7. The summed E-state index contributed by atoms with van der Waals surface area (Å²) in [6, 6.07) is 4.73. The maximum absolute atomic E-state index is 12.9. The number of carbonyl (C=O) groups excluding carboxylic acids is 1. The number of Topliss-reactive ketones (excluding diaryl/α,β-unsaturated/α-hetero) is 1. The Morgan fingerprint density at radius 1 is 1.28 bits per heavy atom. The Balaban J connectivity index is 1.86. The van der Waals surface area contributed by atoms with Crippen LogP contribution >= 0.6 is 0 Å². The van der Waals surface area contributed by atoms with E-state index in [0.29, 0.717) is 30.0 Å². The number of hydrogen-bond donors (Lipinski definition) is 1. The number of benzene rings is 1. The minimum Gasteiger partial charge on any atom is -0.492 e. The Morgan fingerprint density at radius 3 is 2.59 bits per heavy atom. The number of hydrogen-bond acceptors (Lipinski definition) is 4. The first-order valence-corrected chi connectivity index (χ1v) is 9.86. The molecule has 0 aliphatic carbocycles. The molecule has 1 N–H and O–H groups in total. The van der Waals surface area contributed by atoms with Gasteiger partial charge in [0.2, 0.25) is 0 Å². The van der Waals surface area contributed by atoms with Crippen molar-refractivity contribution in [1.29, 1.82) is 5.41 Å². The molecule has 2 heterocycles.